The maximum absolute atomic E-state index is 11.5. The Labute approximate surface area is 158 Å². The van der Waals surface area contributed by atoms with E-state index in [-0.39, 0.29) is 16.8 Å². The van der Waals surface area contributed by atoms with E-state index in [0.717, 1.165) is 12.8 Å². The van der Waals surface area contributed by atoms with E-state index in [9.17, 15) is 15.0 Å². The van der Waals surface area contributed by atoms with E-state index < -0.39 is 6.10 Å². The molecule has 4 N–H and O–H groups in total. The van der Waals surface area contributed by atoms with Crippen LogP contribution in [0.15, 0.2) is 59.4 Å². The number of aromatic amines is 1. The lowest BCUT2D eigenvalue weighted by Crippen LogP contribution is -2.42. The van der Waals surface area contributed by atoms with Gasteiger partial charge in [0, 0.05) is 23.5 Å². The number of fused-ring (bicyclic) bond motifs is 1. The van der Waals surface area contributed by atoms with Crippen molar-refractivity contribution in [1.29, 1.82) is 0 Å². The molecule has 5 nitrogen and oxygen atoms in total. The standard InChI is InChI=1S/C22H26N2O3/c1-22(2,13-12-15-6-4-3-5-7-15)23-14-19(26)16-8-10-18(25)21-17(16)9-11-20(27)24-21/h3-11,19,23,25-26H,12-14H2,1-2H3,(H,24,27). The molecular formula is C22H26N2O3. The minimum absolute atomic E-state index is 0.00481. The smallest absolute Gasteiger partial charge is 0.248 e. The number of benzene rings is 2. The van der Waals surface area contributed by atoms with Gasteiger partial charge in [-0.1, -0.05) is 36.4 Å². The molecule has 142 valence electrons. The molecule has 0 aliphatic carbocycles. The molecular weight excluding hydrogens is 340 g/mol. The highest BCUT2D eigenvalue weighted by Crippen LogP contribution is 2.28. The van der Waals surface area contributed by atoms with Crippen LogP contribution in [0.2, 0.25) is 0 Å². The van der Waals surface area contributed by atoms with E-state index in [0.29, 0.717) is 23.0 Å². The Balaban J connectivity index is 1.68. The maximum atomic E-state index is 11.5. The summed E-state index contributed by atoms with van der Waals surface area (Å²) in [6.07, 6.45) is 1.14. The van der Waals surface area contributed by atoms with Crippen LogP contribution in [0.25, 0.3) is 10.9 Å². The number of hydrogen-bond acceptors (Lipinski definition) is 4. The Morgan fingerprint density at radius 2 is 1.81 bits per heavy atom. The maximum Gasteiger partial charge on any atom is 0.248 e. The first kappa shape index (κ1) is 19.1. The monoisotopic (exact) mass is 366 g/mol. The molecule has 1 unspecified atom stereocenters. The van der Waals surface area contributed by atoms with E-state index in [1.54, 1.807) is 12.1 Å². The molecule has 0 spiro atoms. The van der Waals surface area contributed by atoms with E-state index >= 15 is 0 Å². The fourth-order valence-electron chi connectivity index (χ4n) is 3.22. The number of nitrogens with one attached hydrogen (secondary N) is 2. The van der Waals surface area contributed by atoms with Crippen LogP contribution in [0.1, 0.15) is 37.5 Å². The number of aromatic hydroxyl groups is 1. The van der Waals surface area contributed by atoms with Crippen molar-refractivity contribution >= 4 is 10.9 Å². The first-order valence-electron chi connectivity index (χ1n) is 9.18. The molecule has 0 aliphatic heterocycles. The van der Waals surface area contributed by atoms with Crippen LogP contribution in [-0.4, -0.2) is 27.3 Å². The highest BCUT2D eigenvalue weighted by Gasteiger charge is 2.20. The summed E-state index contributed by atoms with van der Waals surface area (Å²) in [5, 5.41) is 24.7. The molecule has 27 heavy (non-hydrogen) atoms. The van der Waals surface area contributed by atoms with Gasteiger partial charge in [0.15, 0.2) is 0 Å². The zero-order valence-corrected chi connectivity index (χ0v) is 15.7. The Hall–Kier alpha value is -2.63. The lowest BCUT2D eigenvalue weighted by atomic mass is 9.94. The van der Waals surface area contributed by atoms with Gasteiger partial charge in [0.25, 0.3) is 0 Å². The molecule has 0 saturated heterocycles. The molecule has 3 aromatic rings. The summed E-state index contributed by atoms with van der Waals surface area (Å²) in [5.41, 5.74) is 1.89. The molecule has 5 heteroatoms. The van der Waals surface area contributed by atoms with Crippen molar-refractivity contribution in [2.75, 3.05) is 6.54 Å². The highest BCUT2D eigenvalue weighted by atomic mass is 16.3. The third kappa shape index (κ3) is 4.76. The molecule has 0 radical (unpaired) electrons. The van der Waals surface area contributed by atoms with Crippen LogP contribution in [0.4, 0.5) is 0 Å². The normalized spacial score (nSPS) is 13.0. The highest BCUT2D eigenvalue weighted by molar-refractivity contribution is 5.87. The Bertz CT molecular complexity index is 964. The van der Waals surface area contributed by atoms with Crippen molar-refractivity contribution < 1.29 is 10.2 Å². The molecule has 1 heterocycles. The summed E-state index contributed by atoms with van der Waals surface area (Å²) in [7, 11) is 0. The van der Waals surface area contributed by atoms with Crippen LogP contribution in [0.5, 0.6) is 5.75 Å². The summed E-state index contributed by atoms with van der Waals surface area (Å²) in [6, 6.07) is 16.6. The number of H-pyrrole nitrogens is 1. The van der Waals surface area contributed by atoms with E-state index in [1.165, 1.54) is 17.7 Å². The van der Waals surface area contributed by atoms with Crippen molar-refractivity contribution in [2.24, 2.45) is 0 Å². The van der Waals surface area contributed by atoms with Gasteiger partial charge in [0.05, 0.1) is 11.6 Å². The predicted molar refractivity (Wildman–Crippen MR) is 108 cm³/mol. The molecule has 0 bridgehead atoms. The number of β-amino-alcohol motifs (C(OH)–C–C–N with tert-alkyl or cyclic N) is 1. The number of aryl methyl sites for hydroxylation is 1. The average molecular weight is 366 g/mol. The molecule has 1 atom stereocenters. The van der Waals surface area contributed by atoms with Gasteiger partial charge in [0.2, 0.25) is 5.56 Å². The molecule has 0 saturated carbocycles. The van der Waals surface area contributed by atoms with Crippen molar-refractivity contribution in [2.45, 2.75) is 38.3 Å². The number of hydrogen-bond donors (Lipinski definition) is 4. The van der Waals surface area contributed by atoms with Crippen LogP contribution in [-0.2, 0) is 6.42 Å². The van der Waals surface area contributed by atoms with Crippen molar-refractivity contribution in [1.82, 2.24) is 10.3 Å². The Kier molecular flexibility index (Phi) is 5.63. The van der Waals surface area contributed by atoms with E-state index in [2.05, 4.69) is 36.3 Å². The van der Waals surface area contributed by atoms with Gasteiger partial charge in [-0.3, -0.25) is 4.79 Å². The number of rotatable bonds is 7. The summed E-state index contributed by atoms with van der Waals surface area (Å²) in [6.45, 7) is 4.62. The SMILES string of the molecule is CC(C)(CCc1ccccc1)NCC(O)c1ccc(O)c2[nH]c(=O)ccc12. The van der Waals surface area contributed by atoms with Crippen molar-refractivity contribution in [3.8, 4) is 5.75 Å². The Morgan fingerprint density at radius 1 is 1.07 bits per heavy atom. The van der Waals surface area contributed by atoms with Gasteiger partial charge >= 0.3 is 0 Å². The van der Waals surface area contributed by atoms with Gasteiger partial charge in [-0.25, -0.2) is 0 Å². The number of phenolic OH excluding ortho intramolecular Hbond substituents is 1. The lowest BCUT2D eigenvalue weighted by molar-refractivity contribution is 0.160. The zero-order valence-electron chi connectivity index (χ0n) is 15.7. The van der Waals surface area contributed by atoms with Crippen LogP contribution < -0.4 is 10.9 Å². The van der Waals surface area contributed by atoms with E-state index in [4.69, 9.17) is 0 Å². The Morgan fingerprint density at radius 3 is 2.56 bits per heavy atom. The fourth-order valence-corrected chi connectivity index (χ4v) is 3.22. The quantitative estimate of drug-likeness (QED) is 0.517. The first-order valence-corrected chi connectivity index (χ1v) is 9.18. The second-order valence-corrected chi connectivity index (χ2v) is 7.55. The van der Waals surface area contributed by atoms with Gasteiger partial charge in [0.1, 0.15) is 5.75 Å². The molecule has 1 aromatic heterocycles. The van der Waals surface area contributed by atoms with Gasteiger partial charge in [-0.2, -0.15) is 0 Å². The first-order chi connectivity index (χ1) is 12.9. The van der Waals surface area contributed by atoms with Crippen LogP contribution >= 0.6 is 0 Å². The largest absolute Gasteiger partial charge is 0.506 e. The van der Waals surface area contributed by atoms with Gasteiger partial charge in [-0.05, 0) is 49.9 Å². The summed E-state index contributed by atoms with van der Waals surface area (Å²) >= 11 is 0. The number of pyridine rings is 1. The zero-order chi connectivity index (χ0) is 19.4. The molecule has 0 fully saturated rings. The van der Waals surface area contributed by atoms with Gasteiger partial charge < -0.3 is 20.5 Å². The lowest BCUT2D eigenvalue weighted by Gasteiger charge is -2.28. The minimum Gasteiger partial charge on any atom is -0.506 e. The summed E-state index contributed by atoms with van der Waals surface area (Å²) in [5.74, 6) is -0.00481. The number of aliphatic hydroxyl groups is 1. The predicted octanol–water partition coefficient (Wildman–Crippen LogP) is 3.27. The van der Waals surface area contributed by atoms with Crippen LogP contribution in [0, 0.1) is 0 Å². The van der Waals surface area contributed by atoms with Crippen molar-refractivity contribution in [3.05, 3.63) is 76.1 Å². The second-order valence-electron chi connectivity index (χ2n) is 7.55. The van der Waals surface area contributed by atoms with Gasteiger partial charge in [-0.15, -0.1) is 0 Å². The molecule has 3 rings (SSSR count). The number of aliphatic hydroxyl groups excluding tert-OH is 1. The van der Waals surface area contributed by atoms with Crippen molar-refractivity contribution in [3.63, 3.8) is 0 Å². The number of aromatic nitrogens is 1. The van der Waals surface area contributed by atoms with Crippen LogP contribution in [0.3, 0.4) is 0 Å². The summed E-state index contributed by atoms with van der Waals surface area (Å²) < 4.78 is 0. The number of phenols is 1. The fraction of sp³-hybridized carbons (Fsp3) is 0.318. The third-order valence-corrected chi connectivity index (χ3v) is 4.92. The second kappa shape index (κ2) is 7.94. The molecule has 2 aromatic carbocycles. The summed E-state index contributed by atoms with van der Waals surface area (Å²) in [4.78, 5) is 14.1. The third-order valence-electron chi connectivity index (χ3n) is 4.92. The topological polar surface area (TPSA) is 85.3 Å². The average Bonchev–Trinajstić information content (AvgIpc) is 2.66. The minimum atomic E-state index is -0.755. The molecule has 0 aliphatic rings. The molecule has 0 amide bonds. The van der Waals surface area contributed by atoms with E-state index in [1.807, 2.05) is 18.2 Å².